The van der Waals surface area contributed by atoms with Gasteiger partial charge in [-0.25, -0.2) is 5.01 Å². The Balaban J connectivity index is 2.54. The zero-order valence-corrected chi connectivity index (χ0v) is 10.6. The average molecular weight is 227 g/mol. The summed E-state index contributed by atoms with van der Waals surface area (Å²) >= 11 is 0. The molecule has 0 aromatic carbocycles. The van der Waals surface area contributed by atoms with Gasteiger partial charge in [-0.2, -0.15) is 0 Å². The SMILES string of the molecule is CCC(CC)(CN)C(=O)NN1CCCCC1. The molecule has 1 aliphatic rings. The number of carbonyl (C=O) groups excluding carboxylic acids is 1. The predicted octanol–water partition coefficient (Wildman–Crippen LogP) is 1.27. The zero-order chi connectivity index (χ0) is 12.0. The van der Waals surface area contributed by atoms with E-state index in [0.717, 1.165) is 25.9 Å². The molecule has 0 unspecified atom stereocenters. The summed E-state index contributed by atoms with van der Waals surface area (Å²) in [6.45, 7) is 6.44. The normalized spacial score (nSPS) is 18.4. The Morgan fingerprint density at radius 1 is 1.25 bits per heavy atom. The number of hydrogen-bond donors (Lipinski definition) is 2. The van der Waals surface area contributed by atoms with Crippen LogP contribution in [0.3, 0.4) is 0 Å². The maximum atomic E-state index is 12.2. The molecule has 4 nitrogen and oxygen atoms in total. The second-order valence-corrected chi connectivity index (χ2v) is 4.68. The Morgan fingerprint density at radius 3 is 2.25 bits per heavy atom. The van der Waals surface area contributed by atoms with Gasteiger partial charge in [-0.05, 0) is 25.7 Å². The Kier molecular flexibility index (Phi) is 5.22. The van der Waals surface area contributed by atoms with E-state index in [0.29, 0.717) is 6.54 Å². The summed E-state index contributed by atoms with van der Waals surface area (Å²) in [4.78, 5) is 12.2. The highest BCUT2D eigenvalue weighted by molar-refractivity contribution is 5.82. The highest BCUT2D eigenvalue weighted by Crippen LogP contribution is 2.25. The van der Waals surface area contributed by atoms with Crippen LogP contribution in [0.4, 0.5) is 0 Å². The molecule has 0 bridgehead atoms. The first kappa shape index (κ1) is 13.5. The fraction of sp³-hybridized carbons (Fsp3) is 0.917. The van der Waals surface area contributed by atoms with E-state index in [1.54, 1.807) is 0 Å². The van der Waals surface area contributed by atoms with Crippen LogP contribution in [0.1, 0.15) is 46.0 Å². The number of nitrogens with one attached hydrogen (secondary N) is 1. The number of carbonyl (C=O) groups is 1. The van der Waals surface area contributed by atoms with Crippen molar-refractivity contribution < 1.29 is 4.79 Å². The first-order valence-electron chi connectivity index (χ1n) is 6.44. The maximum absolute atomic E-state index is 12.2. The van der Waals surface area contributed by atoms with Gasteiger partial charge in [0.25, 0.3) is 0 Å². The van der Waals surface area contributed by atoms with Gasteiger partial charge < -0.3 is 5.73 Å². The highest BCUT2D eigenvalue weighted by Gasteiger charge is 2.34. The molecule has 94 valence electrons. The van der Waals surface area contributed by atoms with Gasteiger partial charge in [0.1, 0.15) is 0 Å². The molecule has 0 aromatic rings. The van der Waals surface area contributed by atoms with Crippen molar-refractivity contribution in [3.63, 3.8) is 0 Å². The molecule has 16 heavy (non-hydrogen) atoms. The van der Waals surface area contributed by atoms with Gasteiger partial charge in [-0.15, -0.1) is 0 Å². The van der Waals surface area contributed by atoms with Crippen molar-refractivity contribution in [3.05, 3.63) is 0 Å². The summed E-state index contributed by atoms with van der Waals surface area (Å²) in [7, 11) is 0. The third kappa shape index (κ3) is 2.95. The minimum atomic E-state index is -0.378. The van der Waals surface area contributed by atoms with E-state index in [1.807, 2.05) is 18.9 Å². The number of piperidine rings is 1. The molecule has 4 heteroatoms. The number of amides is 1. The third-order valence-electron chi connectivity index (χ3n) is 3.84. The van der Waals surface area contributed by atoms with Crippen LogP contribution in [-0.4, -0.2) is 30.6 Å². The average Bonchev–Trinajstić information content (AvgIpc) is 2.33. The van der Waals surface area contributed by atoms with E-state index in [4.69, 9.17) is 5.73 Å². The summed E-state index contributed by atoms with van der Waals surface area (Å²) in [6.07, 6.45) is 5.23. The number of hydrogen-bond acceptors (Lipinski definition) is 3. The lowest BCUT2D eigenvalue weighted by molar-refractivity contribution is -0.136. The van der Waals surface area contributed by atoms with Gasteiger partial charge in [0.05, 0.1) is 5.41 Å². The molecular formula is C12H25N3O. The standard InChI is InChI=1S/C12H25N3O/c1-3-12(4-2,10-13)11(16)14-15-8-6-5-7-9-15/h3-10,13H2,1-2H3,(H,14,16). The monoisotopic (exact) mass is 227 g/mol. The third-order valence-corrected chi connectivity index (χ3v) is 3.84. The van der Waals surface area contributed by atoms with E-state index in [-0.39, 0.29) is 11.3 Å². The molecular weight excluding hydrogens is 202 g/mol. The Morgan fingerprint density at radius 2 is 1.81 bits per heavy atom. The van der Waals surface area contributed by atoms with Crippen LogP contribution < -0.4 is 11.2 Å². The van der Waals surface area contributed by atoms with E-state index in [2.05, 4.69) is 5.43 Å². The largest absolute Gasteiger partial charge is 0.329 e. The first-order valence-corrected chi connectivity index (χ1v) is 6.44. The van der Waals surface area contributed by atoms with Crippen molar-refractivity contribution in [1.82, 2.24) is 10.4 Å². The summed E-state index contributed by atoms with van der Waals surface area (Å²) in [5.74, 6) is 0.0990. The topological polar surface area (TPSA) is 58.4 Å². The number of rotatable bonds is 5. The molecule has 0 aliphatic carbocycles. The van der Waals surface area contributed by atoms with Crippen LogP contribution >= 0.6 is 0 Å². The van der Waals surface area contributed by atoms with Gasteiger partial charge in [0, 0.05) is 19.6 Å². The van der Waals surface area contributed by atoms with Gasteiger partial charge in [0.2, 0.25) is 5.91 Å². The van der Waals surface area contributed by atoms with Crippen molar-refractivity contribution >= 4 is 5.91 Å². The maximum Gasteiger partial charge on any atom is 0.241 e. The molecule has 1 fully saturated rings. The van der Waals surface area contributed by atoms with Crippen LogP contribution in [0.15, 0.2) is 0 Å². The first-order chi connectivity index (χ1) is 7.68. The minimum Gasteiger partial charge on any atom is -0.329 e. The fourth-order valence-electron chi connectivity index (χ4n) is 2.22. The van der Waals surface area contributed by atoms with E-state index >= 15 is 0 Å². The van der Waals surface area contributed by atoms with Crippen LogP contribution in [0.5, 0.6) is 0 Å². The number of hydrazine groups is 1. The van der Waals surface area contributed by atoms with Crippen LogP contribution in [0.2, 0.25) is 0 Å². The Hall–Kier alpha value is -0.610. The number of nitrogens with two attached hydrogens (primary N) is 1. The molecule has 1 heterocycles. The lowest BCUT2D eigenvalue weighted by Gasteiger charge is -2.34. The summed E-state index contributed by atoms with van der Waals surface area (Å²) < 4.78 is 0. The second-order valence-electron chi connectivity index (χ2n) is 4.68. The summed E-state index contributed by atoms with van der Waals surface area (Å²) in [5, 5.41) is 2.04. The van der Waals surface area contributed by atoms with Crippen molar-refractivity contribution in [2.24, 2.45) is 11.1 Å². The zero-order valence-electron chi connectivity index (χ0n) is 10.6. The molecule has 0 atom stereocenters. The lowest BCUT2D eigenvalue weighted by atomic mass is 9.81. The fourth-order valence-corrected chi connectivity index (χ4v) is 2.22. The Labute approximate surface area is 98.5 Å². The molecule has 0 aromatic heterocycles. The molecule has 1 saturated heterocycles. The molecule has 1 aliphatic heterocycles. The van der Waals surface area contributed by atoms with Gasteiger partial charge in [-0.1, -0.05) is 20.3 Å². The van der Waals surface area contributed by atoms with E-state index in [9.17, 15) is 4.79 Å². The minimum absolute atomic E-state index is 0.0990. The van der Waals surface area contributed by atoms with Crippen LogP contribution in [-0.2, 0) is 4.79 Å². The van der Waals surface area contributed by atoms with Gasteiger partial charge >= 0.3 is 0 Å². The van der Waals surface area contributed by atoms with Gasteiger partial charge in [0.15, 0.2) is 0 Å². The highest BCUT2D eigenvalue weighted by atomic mass is 16.2. The smallest absolute Gasteiger partial charge is 0.241 e. The van der Waals surface area contributed by atoms with Gasteiger partial charge in [-0.3, -0.25) is 10.2 Å². The van der Waals surface area contributed by atoms with Crippen molar-refractivity contribution in [1.29, 1.82) is 0 Å². The van der Waals surface area contributed by atoms with E-state index in [1.165, 1.54) is 19.3 Å². The van der Waals surface area contributed by atoms with Crippen LogP contribution in [0, 0.1) is 5.41 Å². The molecule has 1 rings (SSSR count). The quantitative estimate of drug-likeness (QED) is 0.743. The molecule has 0 spiro atoms. The van der Waals surface area contributed by atoms with Crippen molar-refractivity contribution in [2.75, 3.05) is 19.6 Å². The summed E-state index contributed by atoms with van der Waals surface area (Å²) in [6, 6.07) is 0. The molecule has 0 radical (unpaired) electrons. The van der Waals surface area contributed by atoms with Crippen LogP contribution in [0.25, 0.3) is 0 Å². The lowest BCUT2D eigenvalue weighted by Crippen LogP contribution is -2.53. The molecule has 0 saturated carbocycles. The Bertz CT molecular complexity index is 212. The molecule has 1 amide bonds. The van der Waals surface area contributed by atoms with Crippen molar-refractivity contribution in [2.45, 2.75) is 46.0 Å². The van der Waals surface area contributed by atoms with E-state index < -0.39 is 0 Å². The molecule has 3 N–H and O–H groups in total. The number of nitrogens with zero attached hydrogens (tertiary/aromatic N) is 1. The second kappa shape index (κ2) is 6.21. The van der Waals surface area contributed by atoms with Crippen molar-refractivity contribution in [3.8, 4) is 0 Å². The summed E-state index contributed by atoms with van der Waals surface area (Å²) in [5.41, 5.74) is 8.40. The predicted molar refractivity (Wildman–Crippen MR) is 65.6 cm³/mol.